The molecule has 4 bridgehead atoms. The summed E-state index contributed by atoms with van der Waals surface area (Å²) in [6.07, 6.45) is 9.89. The normalized spacial score (nSPS) is 32.1. The van der Waals surface area contributed by atoms with E-state index in [2.05, 4.69) is 12.2 Å². The third-order valence-corrected chi connectivity index (χ3v) is 7.54. The van der Waals surface area contributed by atoms with E-state index >= 15 is 0 Å². The van der Waals surface area contributed by atoms with Crippen LogP contribution < -0.4 is 14.8 Å². The van der Waals surface area contributed by atoms with Gasteiger partial charge in [-0.25, -0.2) is 0 Å². The molecule has 152 valence electrons. The van der Waals surface area contributed by atoms with Crippen LogP contribution in [0.4, 0.5) is 0 Å². The topological polar surface area (TPSA) is 47.6 Å². The maximum Gasteiger partial charge on any atom is 0.244 e. The summed E-state index contributed by atoms with van der Waals surface area (Å²) in [5, 5.41) is 3.32. The Morgan fingerprint density at radius 2 is 1.71 bits per heavy atom. The van der Waals surface area contributed by atoms with Gasteiger partial charge in [0.05, 0.1) is 14.2 Å². The molecule has 1 amide bonds. The zero-order chi connectivity index (χ0) is 19.9. The lowest BCUT2D eigenvalue weighted by molar-refractivity contribution is -0.121. The number of benzene rings is 1. The smallest absolute Gasteiger partial charge is 0.244 e. The van der Waals surface area contributed by atoms with Crippen molar-refractivity contribution in [2.75, 3.05) is 14.2 Å². The summed E-state index contributed by atoms with van der Waals surface area (Å²) >= 11 is 0. The number of methoxy groups -OCH3 is 2. The van der Waals surface area contributed by atoms with E-state index in [1.807, 2.05) is 25.1 Å². The second kappa shape index (κ2) is 7.46. The largest absolute Gasteiger partial charge is 0.497 e. The monoisotopic (exact) mass is 383 g/mol. The van der Waals surface area contributed by atoms with Crippen LogP contribution in [0.15, 0.2) is 24.3 Å². The van der Waals surface area contributed by atoms with Gasteiger partial charge >= 0.3 is 0 Å². The highest BCUT2D eigenvalue weighted by atomic mass is 16.5. The molecular formula is C24H33NO3. The number of carbonyl (C=O) groups excluding carboxylic acids is 1. The van der Waals surface area contributed by atoms with E-state index in [0.717, 1.165) is 40.4 Å². The first-order valence-corrected chi connectivity index (χ1v) is 10.6. The number of nitrogens with one attached hydrogen (secondary N) is 1. The number of amides is 1. The third-order valence-electron chi connectivity index (χ3n) is 7.54. The van der Waals surface area contributed by atoms with Gasteiger partial charge in [-0.1, -0.05) is 0 Å². The van der Waals surface area contributed by atoms with Crippen molar-refractivity contribution in [3.05, 3.63) is 29.8 Å². The minimum atomic E-state index is -0.00128. The lowest BCUT2D eigenvalue weighted by Gasteiger charge is -2.59. The van der Waals surface area contributed by atoms with E-state index < -0.39 is 0 Å². The van der Waals surface area contributed by atoms with Crippen LogP contribution in [0.5, 0.6) is 11.5 Å². The number of hydrogen-bond donors (Lipinski definition) is 1. The molecule has 0 radical (unpaired) electrons. The Balaban J connectivity index is 1.46. The van der Waals surface area contributed by atoms with Crippen molar-refractivity contribution in [3.8, 4) is 11.5 Å². The molecule has 0 heterocycles. The fraction of sp³-hybridized carbons (Fsp3) is 0.625. The average Bonchev–Trinajstić information content (AvgIpc) is 2.66. The van der Waals surface area contributed by atoms with E-state index in [0.29, 0.717) is 5.41 Å². The first kappa shape index (κ1) is 19.4. The Kier molecular flexibility index (Phi) is 5.15. The number of ether oxygens (including phenoxy) is 2. The fourth-order valence-electron chi connectivity index (χ4n) is 6.51. The zero-order valence-electron chi connectivity index (χ0n) is 17.6. The standard InChI is InChI=1S/C24H33NO3/c1-15(21-6-5-20(27-3)11-22(21)28-4)7-23(26)25-16(2)24-12-17-8-18(13-24)10-19(9-17)14-24/h5-7,11,16-19H,8-10,12-14H2,1-4H3,(H,25,26)/b15-7+. The minimum Gasteiger partial charge on any atom is -0.497 e. The molecule has 0 saturated heterocycles. The van der Waals surface area contributed by atoms with Gasteiger partial charge in [-0.15, -0.1) is 0 Å². The zero-order valence-corrected chi connectivity index (χ0v) is 17.6. The SMILES string of the molecule is COc1ccc(/C(C)=C/C(=O)NC(C)C23CC4CC(CC(C4)C2)C3)c(OC)c1. The van der Waals surface area contributed by atoms with Crippen molar-refractivity contribution >= 4 is 11.5 Å². The molecule has 1 aromatic carbocycles. The van der Waals surface area contributed by atoms with E-state index in [4.69, 9.17) is 9.47 Å². The quantitative estimate of drug-likeness (QED) is 0.716. The van der Waals surface area contributed by atoms with Crippen LogP contribution in [-0.4, -0.2) is 26.2 Å². The Bertz CT molecular complexity index is 747. The molecule has 4 aliphatic carbocycles. The van der Waals surface area contributed by atoms with Crippen LogP contribution >= 0.6 is 0 Å². The Morgan fingerprint density at radius 1 is 1.11 bits per heavy atom. The highest BCUT2D eigenvalue weighted by molar-refractivity contribution is 5.95. The molecule has 1 unspecified atom stereocenters. The van der Waals surface area contributed by atoms with E-state index in [-0.39, 0.29) is 11.9 Å². The summed E-state index contributed by atoms with van der Waals surface area (Å²) < 4.78 is 10.7. The Morgan fingerprint density at radius 3 is 2.25 bits per heavy atom. The summed E-state index contributed by atoms with van der Waals surface area (Å²) in [7, 11) is 3.27. The van der Waals surface area contributed by atoms with Gasteiger partial charge in [-0.3, -0.25) is 4.79 Å². The van der Waals surface area contributed by atoms with Crippen LogP contribution in [0.25, 0.3) is 5.57 Å². The van der Waals surface area contributed by atoms with E-state index in [1.54, 1.807) is 20.3 Å². The molecule has 1 aromatic rings. The molecule has 5 rings (SSSR count). The molecule has 28 heavy (non-hydrogen) atoms. The average molecular weight is 384 g/mol. The minimum absolute atomic E-state index is 0.00128. The summed E-state index contributed by atoms with van der Waals surface area (Å²) in [5.74, 6) is 4.14. The van der Waals surface area contributed by atoms with Crippen LogP contribution in [0.3, 0.4) is 0 Å². The van der Waals surface area contributed by atoms with Gasteiger partial charge < -0.3 is 14.8 Å². The molecule has 0 spiro atoms. The molecule has 4 fully saturated rings. The molecular weight excluding hydrogens is 350 g/mol. The maximum absolute atomic E-state index is 12.8. The van der Waals surface area contributed by atoms with Crippen LogP contribution in [0, 0.1) is 23.2 Å². The van der Waals surface area contributed by atoms with Crippen molar-refractivity contribution < 1.29 is 14.3 Å². The summed E-state index contributed by atoms with van der Waals surface area (Å²) in [5.41, 5.74) is 2.14. The predicted octanol–water partition coefficient (Wildman–Crippen LogP) is 4.83. The van der Waals surface area contributed by atoms with E-state index in [1.165, 1.54) is 38.5 Å². The van der Waals surface area contributed by atoms with Gasteiger partial charge in [0.2, 0.25) is 5.91 Å². The van der Waals surface area contributed by atoms with Gasteiger partial charge in [-0.05, 0) is 93.2 Å². The Labute approximate surface area is 168 Å². The highest BCUT2D eigenvalue weighted by Gasteiger charge is 2.53. The van der Waals surface area contributed by atoms with Crippen molar-refractivity contribution in [1.29, 1.82) is 0 Å². The first-order valence-electron chi connectivity index (χ1n) is 10.6. The first-order chi connectivity index (χ1) is 13.4. The van der Waals surface area contributed by atoms with Gasteiger partial charge in [-0.2, -0.15) is 0 Å². The molecule has 4 aliphatic rings. The van der Waals surface area contributed by atoms with E-state index in [9.17, 15) is 4.79 Å². The molecule has 1 N–H and O–H groups in total. The summed E-state index contributed by atoms with van der Waals surface area (Å²) in [4.78, 5) is 12.8. The molecule has 0 aliphatic heterocycles. The van der Waals surface area contributed by atoms with Crippen LogP contribution in [0.1, 0.15) is 57.9 Å². The summed E-state index contributed by atoms with van der Waals surface area (Å²) in [6, 6.07) is 5.92. The predicted molar refractivity (Wildman–Crippen MR) is 111 cm³/mol. The molecule has 4 nitrogen and oxygen atoms in total. The molecule has 4 heteroatoms. The second-order valence-electron chi connectivity index (χ2n) is 9.40. The maximum atomic E-state index is 12.8. The highest BCUT2D eigenvalue weighted by Crippen LogP contribution is 2.61. The number of rotatable bonds is 6. The van der Waals surface area contributed by atoms with Crippen molar-refractivity contribution in [1.82, 2.24) is 5.32 Å². The van der Waals surface area contributed by atoms with Crippen molar-refractivity contribution in [3.63, 3.8) is 0 Å². The van der Waals surface area contributed by atoms with Gasteiger partial charge in [0.15, 0.2) is 0 Å². The lowest BCUT2D eigenvalue weighted by Crippen LogP contribution is -2.55. The van der Waals surface area contributed by atoms with Crippen molar-refractivity contribution in [2.45, 2.75) is 58.4 Å². The van der Waals surface area contributed by atoms with Crippen LogP contribution in [0.2, 0.25) is 0 Å². The molecule has 0 aromatic heterocycles. The summed E-state index contributed by atoms with van der Waals surface area (Å²) in [6.45, 7) is 4.18. The number of allylic oxidation sites excluding steroid dienone is 1. The molecule has 4 saturated carbocycles. The number of carbonyl (C=O) groups is 1. The van der Waals surface area contributed by atoms with Gasteiger partial charge in [0, 0.05) is 23.7 Å². The van der Waals surface area contributed by atoms with Crippen molar-refractivity contribution in [2.24, 2.45) is 23.2 Å². The third kappa shape index (κ3) is 3.54. The van der Waals surface area contributed by atoms with Gasteiger partial charge in [0.25, 0.3) is 0 Å². The number of hydrogen-bond acceptors (Lipinski definition) is 3. The second-order valence-corrected chi connectivity index (χ2v) is 9.40. The fourth-order valence-corrected chi connectivity index (χ4v) is 6.51. The Hall–Kier alpha value is -1.97. The van der Waals surface area contributed by atoms with Crippen LogP contribution in [-0.2, 0) is 4.79 Å². The lowest BCUT2D eigenvalue weighted by atomic mass is 9.48. The van der Waals surface area contributed by atoms with Gasteiger partial charge in [0.1, 0.15) is 11.5 Å². The molecule has 1 atom stereocenters.